The first kappa shape index (κ1) is 19.4. The van der Waals surface area contributed by atoms with Crippen LogP contribution in [0.5, 0.6) is 0 Å². The fraction of sp³-hybridized carbons (Fsp3) is 0.529. The molecular formula is C17H25N3O4S. The Bertz CT molecular complexity index is 708. The minimum absolute atomic E-state index is 0.00341. The summed E-state index contributed by atoms with van der Waals surface area (Å²) in [6.07, 6.45) is 2.80. The number of carbonyl (C=O) groups is 2. The Morgan fingerprint density at radius 1 is 1.08 bits per heavy atom. The summed E-state index contributed by atoms with van der Waals surface area (Å²) in [6, 6.07) is 5.81. The topological polar surface area (TPSA) is 95.6 Å². The summed E-state index contributed by atoms with van der Waals surface area (Å²) in [5.41, 5.74) is 0.315. The Hall–Kier alpha value is -1.93. The summed E-state index contributed by atoms with van der Waals surface area (Å²) in [7, 11) is -3.51. The molecule has 25 heavy (non-hydrogen) atoms. The molecule has 1 aromatic carbocycles. The average Bonchev–Trinajstić information content (AvgIpc) is 2.60. The number of benzene rings is 1. The monoisotopic (exact) mass is 367 g/mol. The van der Waals surface area contributed by atoms with Gasteiger partial charge in [0.15, 0.2) is 0 Å². The highest BCUT2D eigenvalue weighted by Crippen LogP contribution is 2.20. The van der Waals surface area contributed by atoms with Gasteiger partial charge in [0.1, 0.15) is 0 Å². The van der Waals surface area contributed by atoms with Crippen molar-refractivity contribution in [3.63, 3.8) is 0 Å². The maximum atomic E-state index is 12.6. The highest BCUT2D eigenvalue weighted by atomic mass is 32.2. The van der Waals surface area contributed by atoms with Crippen molar-refractivity contribution in [3.05, 3.63) is 29.8 Å². The van der Waals surface area contributed by atoms with Crippen LogP contribution in [0, 0.1) is 0 Å². The molecule has 1 saturated heterocycles. The first-order valence-electron chi connectivity index (χ1n) is 8.48. The third-order valence-corrected chi connectivity index (χ3v) is 5.84. The maximum Gasteiger partial charge on any atom is 0.251 e. The van der Waals surface area contributed by atoms with Crippen molar-refractivity contribution in [1.82, 2.24) is 14.9 Å². The number of rotatable bonds is 6. The van der Waals surface area contributed by atoms with Crippen LogP contribution in [-0.2, 0) is 14.8 Å². The molecule has 1 aliphatic rings. The lowest BCUT2D eigenvalue weighted by Gasteiger charge is -2.25. The van der Waals surface area contributed by atoms with Gasteiger partial charge >= 0.3 is 0 Å². The summed E-state index contributed by atoms with van der Waals surface area (Å²) in [5.74, 6) is -0.687. The van der Waals surface area contributed by atoms with Crippen molar-refractivity contribution in [2.75, 3.05) is 19.6 Å². The molecule has 0 aromatic heterocycles. The summed E-state index contributed by atoms with van der Waals surface area (Å²) >= 11 is 0. The van der Waals surface area contributed by atoms with Crippen molar-refractivity contribution in [3.8, 4) is 0 Å². The van der Waals surface area contributed by atoms with Gasteiger partial charge < -0.3 is 10.6 Å². The predicted molar refractivity (Wildman–Crippen MR) is 94.7 cm³/mol. The number of amides is 2. The van der Waals surface area contributed by atoms with Crippen LogP contribution in [0.1, 0.15) is 43.5 Å². The van der Waals surface area contributed by atoms with Crippen LogP contribution >= 0.6 is 0 Å². The first-order valence-corrected chi connectivity index (χ1v) is 9.92. The van der Waals surface area contributed by atoms with Gasteiger partial charge in [-0.05, 0) is 51.0 Å². The van der Waals surface area contributed by atoms with E-state index in [0.29, 0.717) is 18.7 Å². The van der Waals surface area contributed by atoms with Crippen molar-refractivity contribution in [1.29, 1.82) is 0 Å². The lowest BCUT2D eigenvalue weighted by molar-refractivity contribution is -0.120. The van der Waals surface area contributed by atoms with Crippen LogP contribution in [0.3, 0.4) is 0 Å². The molecule has 2 amide bonds. The molecule has 0 unspecified atom stereocenters. The fourth-order valence-electron chi connectivity index (χ4n) is 2.67. The molecule has 0 spiro atoms. The van der Waals surface area contributed by atoms with Gasteiger partial charge in [-0.1, -0.05) is 6.42 Å². The van der Waals surface area contributed by atoms with E-state index in [1.807, 2.05) is 13.8 Å². The molecule has 8 heteroatoms. The van der Waals surface area contributed by atoms with Crippen LogP contribution in [0.2, 0.25) is 0 Å². The number of piperidine rings is 1. The zero-order valence-electron chi connectivity index (χ0n) is 14.6. The molecule has 2 rings (SSSR count). The molecule has 1 aliphatic heterocycles. The smallest absolute Gasteiger partial charge is 0.251 e. The van der Waals surface area contributed by atoms with Gasteiger partial charge in [0, 0.05) is 24.7 Å². The maximum absolute atomic E-state index is 12.6. The minimum atomic E-state index is -3.51. The predicted octanol–water partition coefficient (Wildman–Crippen LogP) is 1.12. The number of hydrogen-bond donors (Lipinski definition) is 2. The Morgan fingerprint density at radius 2 is 1.68 bits per heavy atom. The number of sulfonamides is 1. The van der Waals surface area contributed by atoms with E-state index in [2.05, 4.69) is 10.6 Å². The van der Waals surface area contributed by atoms with Crippen LogP contribution in [0.15, 0.2) is 29.2 Å². The van der Waals surface area contributed by atoms with Gasteiger partial charge in [-0.25, -0.2) is 8.42 Å². The van der Waals surface area contributed by atoms with E-state index >= 15 is 0 Å². The van der Waals surface area contributed by atoms with Gasteiger partial charge in [0.25, 0.3) is 5.91 Å². The fourth-order valence-corrected chi connectivity index (χ4v) is 4.19. The van der Waals surface area contributed by atoms with Crippen molar-refractivity contribution < 1.29 is 18.0 Å². The molecule has 0 aliphatic carbocycles. The van der Waals surface area contributed by atoms with Crippen LogP contribution in [0.4, 0.5) is 0 Å². The number of carbonyl (C=O) groups excluding carboxylic acids is 2. The third kappa shape index (κ3) is 5.27. The van der Waals surface area contributed by atoms with Gasteiger partial charge in [-0.3, -0.25) is 9.59 Å². The molecule has 0 bridgehead atoms. The summed E-state index contributed by atoms with van der Waals surface area (Å²) in [4.78, 5) is 23.8. The molecule has 0 radical (unpaired) electrons. The molecule has 138 valence electrons. The summed E-state index contributed by atoms with van der Waals surface area (Å²) < 4.78 is 26.6. The van der Waals surface area contributed by atoms with Gasteiger partial charge in [-0.15, -0.1) is 0 Å². The van der Waals surface area contributed by atoms with E-state index in [1.54, 1.807) is 0 Å². The Kier molecular flexibility index (Phi) is 6.55. The standard InChI is InChI=1S/C17H25N3O4S/c1-13(2)19-16(21)12-18-17(22)14-6-8-15(9-7-14)25(23,24)20-10-4-3-5-11-20/h6-9,13H,3-5,10-12H2,1-2H3,(H,18,22)(H,19,21). The van der Waals surface area contributed by atoms with E-state index in [-0.39, 0.29) is 23.4 Å². The van der Waals surface area contributed by atoms with E-state index in [0.717, 1.165) is 19.3 Å². The third-order valence-electron chi connectivity index (χ3n) is 3.93. The average molecular weight is 367 g/mol. The normalized spacial score (nSPS) is 15.8. The SMILES string of the molecule is CC(C)NC(=O)CNC(=O)c1ccc(S(=O)(=O)N2CCCCC2)cc1. The highest BCUT2D eigenvalue weighted by molar-refractivity contribution is 7.89. The highest BCUT2D eigenvalue weighted by Gasteiger charge is 2.25. The molecule has 1 fully saturated rings. The second-order valence-electron chi connectivity index (χ2n) is 6.39. The first-order chi connectivity index (χ1) is 11.8. The Labute approximate surface area is 148 Å². The van der Waals surface area contributed by atoms with Crippen molar-refractivity contribution in [2.45, 2.75) is 44.0 Å². The Balaban J connectivity index is 1.99. The van der Waals surface area contributed by atoms with E-state index < -0.39 is 15.9 Å². The summed E-state index contributed by atoms with van der Waals surface area (Å²) in [6.45, 7) is 4.62. The van der Waals surface area contributed by atoms with Crippen LogP contribution in [-0.4, -0.2) is 50.2 Å². The second-order valence-corrected chi connectivity index (χ2v) is 8.33. The second kappa shape index (κ2) is 8.44. The van der Waals surface area contributed by atoms with Crippen LogP contribution < -0.4 is 10.6 Å². The van der Waals surface area contributed by atoms with Crippen molar-refractivity contribution in [2.24, 2.45) is 0 Å². The van der Waals surface area contributed by atoms with Gasteiger partial charge in [-0.2, -0.15) is 4.31 Å². The molecule has 0 atom stereocenters. The molecule has 7 nitrogen and oxygen atoms in total. The van der Waals surface area contributed by atoms with E-state index in [9.17, 15) is 18.0 Å². The quantitative estimate of drug-likeness (QED) is 0.787. The van der Waals surface area contributed by atoms with Crippen LogP contribution in [0.25, 0.3) is 0 Å². The van der Waals surface area contributed by atoms with E-state index in [1.165, 1.54) is 28.6 Å². The largest absolute Gasteiger partial charge is 0.352 e. The number of nitrogens with one attached hydrogen (secondary N) is 2. The van der Waals surface area contributed by atoms with Gasteiger partial charge in [0.05, 0.1) is 11.4 Å². The summed E-state index contributed by atoms with van der Waals surface area (Å²) in [5, 5.41) is 5.19. The molecule has 1 aromatic rings. The lowest BCUT2D eigenvalue weighted by atomic mass is 10.2. The van der Waals surface area contributed by atoms with Gasteiger partial charge in [0.2, 0.25) is 15.9 Å². The number of hydrogen-bond acceptors (Lipinski definition) is 4. The zero-order chi connectivity index (χ0) is 18.4. The zero-order valence-corrected chi connectivity index (χ0v) is 15.4. The van der Waals surface area contributed by atoms with Crippen molar-refractivity contribution >= 4 is 21.8 Å². The molecular weight excluding hydrogens is 342 g/mol. The number of nitrogens with zero attached hydrogens (tertiary/aromatic N) is 1. The lowest BCUT2D eigenvalue weighted by Crippen LogP contribution is -2.39. The minimum Gasteiger partial charge on any atom is -0.352 e. The molecule has 2 N–H and O–H groups in total. The molecule has 0 saturated carbocycles. The molecule has 1 heterocycles. The van der Waals surface area contributed by atoms with E-state index in [4.69, 9.17) is 0 Å². The Morgan fingerprint density at radius 3 is 2.24 bits per heavy atom.